The molecule has 1 aromatic heterocycles. The Morgan fingerprint density at radius 2 is 1.86 bits per heavy atom. The van der Waals surface area contributed by atoms with Gasteiger partial charge in [0.1, 0.15) is 30.8 Å². The number of fused-ring (bicyclic) bond motifs is 1. The monoisotopic (exact) mass is 379 g/mol. The fraction of sp³-hybridized carbons (Fsp3) is 0.286. The molecule has 2 aromatic carbocycles. The van der Waals surface area contributed by atoms with Gasteiger partial charge in [-0.15, -0.1) is 0 Å². The van der Waals surface area contributed by atoms with Crippen molar-refractivity contribution in [2.75, 3.05) is 0 Å². The Morgan fingerprint density at radius 1 is 1.14 bits per heavy atom. The maximum atomic E-state index is 12.6. The van der Waals surface area contributed by atoms with Gasteiger partial charge in [0.15, 0.2) is 0 Å². The van der Waals surface area contributed by atoms with E-state index in [2.05, 4.69) is 10.3 Å². The molecule has 0 spiro atoms. The minimum absolute atomic E-state index is 0.00943. The second-order valence-corrected chi connectivity index (χ2v) is 6.93. The molecule has 1 aliphatic carbocycles. The van der Waals surface area contributed by atoms with Crippen LogP contribution in [0.5, 0.6) is 5.75 Å². The van der Waals surface area contributed by atoms with Gasteiger partial charge in [0.2, 0.25) is 5.91 Å². The van der Waals surface area contributed by atoms with E-state index in [0.29, 0.717) is 11.6 Å². The van der Waals surface area contributed by atoms with Gasteiger partial charge in [-0.05, 0) is 43.0 Å². The molecule has 7 nitrogen and oxygen atoms in total. The zero-order valence-electron chi connectivity index (χ0n) is 15.2. The maximum Gasteiger partial charge on any atom is 0.326 e. The molecule has 144 valence electrons. The van der Waals surface area contributed by atoms with Crippen LogP contribution < -0.4 is 10.1 Å². The number of nitrogens with one attached hydrogen (secondary N) is 1. The van der Waals surface area contributed by atoms with Gasteiger partial charge in [-0.3, -0.25) is 4.79 Å². The topological polar surface area (TPSA) is 93.5 Å². The first-order chi connectivity index (χ1) is 13.6. The fourth-order valence-electron chi connectivity index (χ4n) is 3.25. The minimum Gasteiger partial charge on any atom is -0.486 e. The van der Waals surface area contributed by atoms with Crippen molar-refractivity contribution in [3.63, 3.8) is 0 Å². The lowest BCUT2D eigenvalue weighted by Crippen LogP contribution is -2.43. The zero-order valence-corrected chi connectivity index (χ0v) is 15.2. The van der Waals surface area contributed by atoms with E-state index < -0.39 is 12.0 Å². The first kappa shape index (κ1) is 18.0. The highest BCUT2D eigenvalue weighted by Gasteiger charge is 2.37. The lowest BCUT2D eigenvalue weighted by molar-refractivity contribution is -0.142. The van der Waals surface area contributed by atoms with Crippen LogP contribution in [0.25, 0.3) is 11.0 Å². The highest BCUT2D eigenvalue weighted by atomic mass is 16.5. The first-order valence-electron chi connectivity index (χ1n) is 9.26. The zero-order chi connectivity index (χ0) is 19.5. The van der Waals surface area contributed by atoms with Crippen molar-refractivity contribution in [2.24, 2.45) is 5.92 Å². The number of benzene rings is 2. The summed E-state index contributed by atoms with van der Waals surface area (Å²) < 4.78 is 7.58. The highest BCUT2D eigenvalue weighted by molar-refractivity contribution is 5.85. The second-order valence-electron chi connectivity index (χ2n) is 6.93. The minimum atomic E-state index is -0.987. The number of ether oxygens (including phenoxy) is 1. The standard InChI is InChI=1S/C21H21N3O4/c25-19(23-20(21(26)27)14-10-11-14)12-24-17-9-5-4-8-16(17)22-18(24)13-28-15-6-2-1-3-7-15/h1-9,14,20H,10-13H2,(H,23,25)(H,26,27). The van der Waals surface area contributed by atoms with Crippen LogP contribution in [0.1, 0.15) is 18.7 Å². The van der Waals surface area contributed by atoms with Gasteiger partial charge in [-0.25, -0.2) is 9.78 Å². The molecule has 1 aliphatic rings. The third kappa shape index (κ3) is 3.98. The first-order valence-corrected chi connectivity index (χ1v) is 9.26. The van der Waals surface area contributed by atoms with Crippen LogP contribution >= 0.6 is 0 Å². The van der Waals surface area contributed by atoms with Crippen molar-refractivity contribution < 1.29 is 19.4 Å². The van der Waals surface area contributed by atoms with E-state index in [-0.39, 0.29) is 25.0 Å². The SMILES string of the molecule is O=C(Cn1c(COc2ccccc2)nc2ccccc21)NC(C(=O)O)C1CC1. The quantitative estimate of drug-likeness (QED) is 0.627. The van der Waals surface area contributed by atoms with Crippen LogP contribution in [0.4, 0.5) is 0 Å². The summed E-state index contributed by atoms with van der Waals surface area (Å²) in [6.45, 7) is 0.196. The van der Waals surface area contributed by atoms with E-state index in [1.54, 1.807) is 4.57 Å². The normalized spacial score (nSPS) is 14.6. The molecule has 0 aliphatic heterocycles. The summed E-state index contributed by atoms with van der Waals surface area (Å²) in [6, 6.07) is 16.1. The molecule has 0 radical (unpaired) electrons. The molecule has 1 unspecified atom stereocenters. The van der Waals surface area contributed by atoms with Crippen molar-refractivity contribution >= 4 is 22.9 Å². The molecule has 1 heterocycles. The lowest BCUT2D eigenvalue weighted by atomic mass is 10.2. The molecule has 1 saturated carbocycles. The molecule has 0 bridgehead atoms. The average Bonchev–Trinajstić information content (AvgIpc) is 3.48. The molecule has 2 N–H and O–H groups in total. The molecule has 28 heavy (non-hydrogen) atoms. The van der Waals surface area contributed by atoms with Crippen molar-refractivity contribution in [2.45, 2.75) is 32.0 Å². The molecular weight excluding hydrogens is 358 g/mol. The number of hydrogen-bond donors (Lipinski definition) is 2. The van der Waals surface area contributed by atoms with Crippen LogP contribution in [-0.4, -0.2) is 32.6 Å². The predicted molar refractivity (Wildman–Crippen MR) is 103 cm³/mol. The van der Waals surface area contributed by atoms with E-state index in [1.165, 1.54) is 0 Å². The Morgan fingerprint density at radius 3 is 2.57 bits per heavy atom. The van der Waals surface area contributed by atoms with Crippen LogP contribution in [0.3, 0.4) is 0 Å². The van der Waals surface area contributed by atoms with Crippen molar-refractivity contribution in [1.82, 2.24) is 14.9 Å². The van der Waals surface area contributed by atoms with Crippen molar-refractivity contribution in [3.05, 3.63) is 60.4 Å². The second kappa shape index (κ2) is 7.72. The summed E-state index contributed by atoms with van der Waals surface area (Å²) in [4.78, 5) is 28.6. The third-order valence-corrected chi connectivity index (χ3v) is 4.82. The number of hydrogen-bond acceptors (Lipinski definition) is 4. The number of aliphatic carboxylic acids is 1. The van der Waals surface area contributed by atoms with Gasteiger partial charge in [0, 0.05) is 0 Å². The summed E-state index contributed by atoms with van der Waals surface area (Å²) in [7, 11) is 0. The molecule has 1 atom stereocenters. The molecule has 3 aromatic rings. The number of carboxylic acid groups (broad SMARTS) is 1. The van der Waals surface area contributed by atoms with Gasteiger partial charge < -0.3 is 19.7 Å². The number of carbonyl (C=O) groups excluding carboxylic acids is 1. The number of imidazole rings is 1. The Bertz CT molecular complexity index is 995. The Balaban J connectivity index is 1.54. The van der Waals surface area contributed by atoms with Gasteiger partial charge in [0.05, 0.1) is 11.0 Å². The Labute approximate surface area is 162 Å². The third-order valence-electron chi connectivity index (χ3n) is 4.82. The number of para-hydroxylation sites is 3. The smallest absolute Gasteiger partial charge is 0.326 e. The fourth-order valence-corrected chi connectivity index (χ4v) is 3.25. The Kier molecular flexibility index (Phi) is 4.97. The largest absolute Gasteiger partial charge is 0.486 e. The van der Waals surface area contributed by atoms with E-state index in [1.807, 2.05) is 54.6 Å². The summed E-state index contributed by atoms with van der Waals surface area (Å²) >= 11 is 0. The molecule has 4 rings (SSSR count). The number of amides is 1. The summed E-state index contributed by atoms with van der Waals surface area (Å²) in [6.07, 6.45) is 1.67. The lowest BCUT2D eigenvalue weighted by Gasteiger charge is -2.15. The van der Waals surface area contributed by atoms with E-state index >= 15 is 0 Å². The summed E-state index contributed by atoms with van der Waals surface area (Å²) in [5.41, 5.74) is 1.57. The van der Waals surface area contributed by atoms with Gasteiger partial charge in [-0.1, -0.05) is 30.3 Å². The summed E-state index contributed by atoms with van der Waals surface area (Å²) in [5, 5.41) is 12.0. The van der Waals surface area contributed by atoms with E-state index in [9.17, 15) is 14.7 Å². The molecule has 0 saturated heterocycles. The van der Waals surface area contributed by atoms with Crippen LogP contribution in [0.2, 0.25) is 0 Å². The molecule has 1 fully saturated rings. The van der Waals surface area contributed by atoms with Crippen molar-refractivity contribution in [1.29, 1.82) is 0 Å². The van der Waals surface area contributed by atoms with Crippen molar-refractivity contribution in [3.8, 4) is 5.75 Å². The average molecular weight is 379 g/mol. The summed E-state index contributed by atoms with van der Waals surface area (Å²) in [5.74, 6) is 0.0213. The van der Waals surface area contributed by atoms with E-state index in [4.69, 9.17) is 4.74 Å². The number of nitrogens with zero attached hydrogens (tertiary/aromatic N) is 2. The highest BCUT2D eigenvalue weighted by Crippen LogP contribution is 2.32. The Hall–Kier alpha value is -3.35. The van der Waals surface area contributed by atoms with Gasteiger partial charge in [-0.2, -0.15) is 0 Å². The van der Waals surface area contributed by atoms with E-state index in [0.717, 1.165) is 23.9 Å². The molecular formula is C21H21N3O4. The number of rotatable bonds is 8. The molecule has 1 amide bonds. The van der Waals surface area contributed by atoms with Crippen LogP contribution in [0.15, 0.2) is 54.6 Å². The molecule has 7 heteroatoms. The van der Waals surface area contributed by atoms with Crippen LogP contribution in [-0.2, 0) is 22.7 Å². The van der Waals surface area contributed by atoms with Gasteiger partial charge in [0.25, 0.3) is 0 Å². The van der Waals surface area contributed by atoms with Crippen LogP contribution in [0, 0.1) is 5.92 Å². The number of carboxylic acids is 1. The maximum absolute atomic E-state index is 12.6. The predicted octanol–water partition coefficient (Wildman–Crippen LogP) is 2.59. The number of aromatic nitrogens is 2. The number of carbonyl (C=O) groups is 2. The van der Waals surface area contributed by atoms with Gasteiger partial charge >= 0.3 is 5.97 Å².